The van der Waals surface area contributed by atoms with Gasteiger partial charge < -0.3 is 9.84 Å². The number of ether oxygens (including phenoxy) is 1. The van der Waals surface area contributed by atoms with Crippen molar-refractivity contribution in [2.45, 2.75) is 6.61 Å². The number of hydrogen-bond donors (Lipinski definition) is 1. The molecule has 0 saturated carbocycles. The number of carboxylic acid groups (broad SMARTS) is 1. The summed E-state index contributed by atoms with van der Waals surface area (Å²) in [4.78, 5) is 14.5. The van der Waals surface area contributed by atoms with E-state index in [1.54, 1.807) is 6.07 Å². The number of aromatic carboxylic acids is 1. The van der Waals surface area contributed by atoms with E-state index in [2.05, 4.69) is 4.98 Å². The molecule has 1 heterocycles. The number of halogens is 1. The lowest BCUT2D eigenvalue weighted by Crippen LogP contribution is -2.01. The van der Waals surface area contributed by atoms with Crippen molar-refractivity contribution in [3.8, 4) is 5.75 Å². The zero-order chi connectivity index (χ0) is 13.0. The van der Waals surface area contributed by atoms with Crippen molar-refractivity contribution in [2.75, 3.05) is 0 Å². The van der Waals surface area contributed by atoms with E-state index in [9.17, 15) is 9.18 Å². The molecule has 1 aromatic heterocycles. The maximum absolute atomic E-state index is 12.9. The van der Waals surface area contributed by atoms with E-state index in [4.69, 9.17) is 9.84 Å². The van der Waals surface area contributed by atoms with Crippen LogP contribution in [0.4, 0.5) is 4.39 Å². The lowest BCUT2D eigenvalue weighted by atomic mass is 10.2. The summed E-state index contributed by atoms with van der Waals surface area (Å²) >= 11 is 0. The fraction of sp³-hybridized carbons (Fsp3) is 0.0769. The largest absolute Gasteiger partial charge is 0.489 e. The molecule has 0 aliphatic heterocycles. The summed E-state index contributed by atoms with van der Waals surface area (Å²) in [5, 5.41) is 8.80. The van der Waals surface area contributed by atoms with E-state index >= 15 is 0 Å². The van der Waals surface area contributed by atoms with Crippen molar-refractivity contribution in [1.82, 2.24) is 4.98 Å². The van der Waals surface area contributed by atoms with Gasteiger partial charge in [0.2, 0.25) is 0 Å². The predicted octanol–water partition coefficient (Wildman–Crippen LogP) is 2.50. The molecule has 92 valence electrons. The first kappa shape index (κ1) is 12.0. The van der Waals surface area contributed by atoms with Crippen LogP contribution in [0, 0.1) is 5.82 Å². The van der Waals surface area contributed by atoms with Gasteiger partial charge in [0, 0.05) is 24.0 Å². The van der Waals surface area contributed by atoms with Gasteiger partial charge in [0.25, 0.3) is 0 Å². The van der Waals surface area contributed by atoms with Gasteiger partial charge in [0.1, 0.15) is 18.2 Å². The quantitative estimate of drug-likeness (QED) is 0.901. The third-order valence-corrected chi connectivity index (χ3v) is 2.24. The Bertz CT molecular complexity index is 572. The lowest BCUT2D eigenvalue weighted by molar-refractivity contribution is 0.0696. The Morgan fingerprint density at radius 1 is 1.33 bits per heavy atom. The third kappa shape index (κ3) is 3.04. The molecule has 1 aromatic carbocycles. The maximum Gasteiger partial charge on any atom is 0.337 e. The van der Waals surface area contributed by atoms with Crippen LogP contribution in [0.3, 0.4) is 0 Å². The third-order valence-electron chi connectivity index (χ3n) is 2.24. The minimum Gasteiger partial charge on any atom is -0.489 e. The van der Waals surface area contributed by atoms with Crippen molar-refractivity contribution in [2.24, 2.45) is 0 Å². The Hall–Kier alpha value is -2.43. The zero-order valence-corrected chi connectivity index (χ0v) is 9.34. The molecular formula is C13H10FNO3. The Morgan fingerprint density at radius 2 is 2.17 bits per heavy atom. The Balaban J connectivity index is 2.06. The molecule has 0 aliphatic rings. The van der Waals surface area contributed by atoms with Crippen molar-refractivity contribution in [3.63, 3.8) is 0 Å². The molecule has 5 heteroatoms. The molecule has 0 saturated heterocycles. The fourth-order valence-electron chi connectivity index (χ4n) is 1.41. The average molecular weight is 247 g/mol. The number of pyridine rings is 1. The summed E-state index contributed by atoms with van der Waals surface area (Å²) in [6.07, 6.45) is 2.76. The zero-order valence-electron chi connectivity index (χ0n) is 9.34. The number of nitrogens with zero attached hydrogens (tertiary/aromatic N) is 1. The van der Waals surface area contributed by atoms with E-state index in [-0.39, 0.29) is 18.0 Å². The van der Waals surface area contributed by atoms with Crippen LogP contribution < -0.4 is 4.74 Å². The molecule has 4 nitrogen and oxygen atoms in total. The van der Waals surface area contributed by atoms with Crippen molar-refractivity contribution in [1.29, 1.82) is 0 Å². The van der Waals surface area contributed by atoms with Gasteiger partial charge in [-0.15, -0.1) is 0 Å². The summed E-state index contributed by atoms with van der Waals surface area (Å²) in [6.45, 7) is 0.136. The summed E-state index contributed by atoms with van der Waals surface area (Å²) in [6, 6.07) is 7.21. The average Bonchev–Trinajstić information content (AvgIpc) is 2.37. The Labute approximate surface area is 103 Å². The Morgan fingerprint density at radius 3 is 2.89 bits per heavy atom. The Kier molecular flexibility index (Phi) is 3.52. The molecule has 1 N–H and O–H groups in total. The molecule has 0 atom stereocenters. The highest BCUT2D eigenvalue weighted by Gasteiger charge is 2.04. The molecule has 0 spiro atoms. The topological polar surface area (TPSA) is 59.4 Å². The second kappa shape index (κ2) is 5.27. The summed E-state index contributed by atoms with van der Waals surface area (Å²) < 4.78 is 18.2. The fourth-order valence-corrected chi connectivity index (χ4v) is 1.41. The monoisotopic (exact) mass is 247 g/mol. The molecule has 0 bridgehead atoms. The second-order valence-corrected chi connectivity index (χ2v) is 3.63. The van der Waals surface area contributed by atoms with Gasteiger partial charge in [-0.25, -0.2) is 9.18 Å². The van der Waals surface area contributed by atoms with Crippen LogP contribution in [0.2, 0.25) is 0 Å². The van der Waals surface area contributed by atoms with Gasteiger partial charge in [-0.3, -0.25) is 4.98 Å². The molecule has 2 aromatic rings. The smallest absolute Gasteiger partial charge is 0.337 e. The molecule has 0 fully saturated rings. The van der Waals surface area contributed by atoms with E-state index in [0.717, 1.165) is 0 Å². The summed E-state index contributed by atoms with van der Waals surface area (Å²) in [5.41, 5.74) is 0.703. The normalized spacial score (nSPS) is 10.1. The van der Waals surface area contributed by atoms with Gasteiger partial charge in [-0.05, 0) is 18.2 Å². The van der Waals surface area contributed by atoms with Crippen LogP contribution >= 0.6 is 0 Å². The minimum absolute atomic E-state index is 0.0929. The molecule has 0 radical (unpaired) electrons. The van der Waals surface area contributed by atoms with Crippen LogP contribution in [-0.4, -0.2) is 16.1 Å². The summed E-state index contributed by atoms with van der Waals surface area (Å²) in [7, 11) is 0. The van der Waals surface area contributed by atoms with E-state index in [0.29, 0.717) is 11.3 Å². The van der Waals surface area contributed by atoms with Gasteiger partial charge in [-0.1, -0.05) is 6.07 Å². The lowest BCUT2D eigenvalue weighted by Gasteiger charge is -2.06. The number of hydrogen-bond acceptors (Lipinski definition) is 3. The van der Waals surface area contributed by atoms with Gasteiger partial charge in [0.15, 0.2) is 0 Å². The molecule has 18 heavy (non-hydrogen) atoms. The van der Waals surface area contributed by atoms with Gasteiger partial charge in [-0.2, -0.15) is 0 Å². The van der Waals surface area contributed by atoms with Crippen LogP contribution in [0.1, 0.15) is 15.9 Å². The SMILES string of the molecule is O=C(O)c1cncc(COc2cccc(F)c2)c1. The molecule has 0 unspecified atom stereocenters. The number of aromatic nitrogens is 1. The molecule has 0 aliphatic carbocycles. The van der Waals surface area contributed by atoms with Gasteiger partial charge >= 0.3 is 5.97 Å². The number of rotatable bonds is 4. The van der Waals surface area contributed by atoms with Crippen molar-refractivity contribution < 1.29 is 19.0 Å². The van der Waals surface area contributed by atoms with Crippen molar-refractivity contribution in [3.05, 3.63) is 59.7 Å². The van der Waals surface area contributed by atoms with Crippen LogP contribution in [0.5, 0.6) is 5.75 Å². The second-order valence-electron chi connectivity index (χ2n) is 3.63. The molecule has 0 amide bonds. The van der Waals surface area contributed by atoms with Crippen LogP contribution in [-0.2, 0) is 6.61 Å². The van der Waals surface area contributed by atoms with E-state index < -0.39 is 5.97 Å². The highest BCUT2D eigenvalue weighted by molar-refractivity contribution is 5.87. The number of benzene rings is 1. The maximum atomic E-state index is 12.9. The van der Waals surface area contributed by atoms with Gasteiger partial charge in [0.05, 0.1) is 5.56 Å². The highest BCUT2D eigenvalue weighted by Crippen LogP contribution is 2.14. The number of carbonyl (C=O) groups is 1. The number of carboxylic acids is 1. The standard InChI is InChI=1S/C13H10FNO3/c14-11-2-1-3-12(5-11)18-8-9-4-10(13(16)17)7-15-6-9/h1-7H,8H2,(H,16,17). The van der Waals surface area contributed by atoms with Crippen LogP contribution in [0.25, 0.3) is 0 Å². The van der Waals surface area contributed by atoms with Crippen molar-refractivity contribution >= 4 is 5.97 Å². The first-order chi connectivity index (χ1) is 8.65. The summed E-state index contributed by atoms with van der Waals surface area (Å²) in [5.74, 6) is -1.05. The molecule has 2 rings (SSSR count). The van der Waals surface area contributed by atoms with Crippen LogP contribution in [0.15, 0.2) is 42.7 Å². The van der Waals surface area contributed by atoms with E-state index in [1.165, 1.54) is 36.7 Å². The predicted molar refractivity (Wildman–Crippen MR) is 61.9 cm³/mol. The first-order valence-corrected chi connectivity index (χ1v) is 5.21. The minimum atomic E-state index is -1.05. The van der Waals surface area contributed by atoms with E-state index in [1.807, 2.05) is 0 Å². The first-order valence-electron chi connectivity index (χ1n) is 5.21. The highest BCUT2D eigenvalue weighted by atomic mass is 19.1. The molecular weight excluding hydrogens is 237 g/mol.